The van der Waals surface area contributed by atoms with Crippen LogP contribution in [0.3, 0.4) is 0 Å². The Hall–Kier alpha value is -1.94. The zero-order valence-electron chi connectivity index (χ0n) is 9.73. The highest BCUT2D eigenvalue weighted by Gasteiger charge is 2.11. The lowest BCUT2D eigenvalue weighted by Crippen LogP contribution is -1.84. The fraction of sp³-hybridized carbons (Fsp3) is 0. The van der Waals surface area contributed by atoms with Gasteiger partial charge in [0.15, 0.2) is 0 Å². The molecule has 0 saturated heterocycles. The van der Waals surface area contributed by atoms with E-state index in [2.05, 4.69) is 44.0 Å². The van der Waals surface area contributed by atoms with Crippen LogP contribution in [-0.2, 0) is 0 Å². The van der Waals surface area contributed by atoms with Crippen molar-refractivity contribution in [3.05, 3.63) is 66.3 Å². The van der Waals surface area contributed by atoms with Gasteiger partial charge in [0.1, 0.15) is 16.1 Å². The van der Waals surface area contributed by atoms with Crippen molar-refractivity contribution in [1.29, 1.82) is 0 Å². The van der Waals surface area contributed by atoms with Crippen LogP contribution in [0.15, 0.2) is 60.5 Å². The Kier molecular flexibility index (Phi) is 3.89. The molecular formula is C14H12BrN3. The highest BCUT2D eigenvalue weighted by atomic mass is 79.9. The number of imidazole rings is 1. The average molecular weight is 302 g/mol. The maximum Gasteiger partial charge on any atom is 0.138 e. The maximum absolute atomic E-state index is 4.55. The van der Waals surface area contributed by atoms with Crippen LogP contribution in [0, 0.1) is 0 Å². The first kappa shape index (κ1) is 12.5. The largest absolute Gasteiger partial charge is 0.332 e. The molecule has 0 unspecified atom stereocenters. The predicted octanol–water partition coefficient (Wildman–Crippen LogP) is 3.99. The van der Waals surface area contributed by atoms with Gasteiger partial charge in [-0.15, -0.1) is 0 Å². The molecule has 0 amide bonds. The number of halogens is 1. The van der Waals surface area contributed by atoms with E-state index < -0.39 is 0 Å². The summed E-state index contributed by atoms with van der Waals surface area (Å²) in [6.45, 7) is 7.44. The molecule has 2 aromatic heterocycles. The lowest BCUT2D eigenvalue weighted by molar-refractivity contribution is 1.23. The molecular weight excluding hydrogens is 290 g/mol. The fourth-order valence-electron chi connectivity index (χ4n) is 1.56. The highest BCUT2D eigenvalue weighted by molar-refractivity contribution is 9.10. The molecule has 0 spiro atoms. The third-order valence-corrected chi connectivity index (χ3v) is 2.98. The molecule has 18 heavy (non-hydrogen) atoms. The molecule has 0 aliphatic heterocycles. The summed E-state index contributed by atoms with van der Waals surface area (Å²) < 4.78 is 0.834. The number of aromatic amines is 1. The van der Waals surface area contributed by atoms with E-state index in [1.54, 1.807) is 24.5 Å². The molecule has 1 N–H and O–H groups in total. The second-order valence-electron chi connectivity index (χ2n) is 3.55. The van der Waals surface area contributed by atoms with E-state index in [9.17, 15) is 0 Å². The number of pyridine rings is 1. The van der Waals surface area contributed by atoms with Crippen molar-refractivity contribution in [1.82, 2.24) is 15.0 Å². The number of nitrogens with zero attached hydrogens (tertiary/aromatic N) is 2. The molecule has 0 fully saturated rings. The monoisotopic (exact) mass is 301 g/mol. The summed E-state index contributed by atoms with van der Waals surface area (Å²) in [7, 11) is 0. The Labute approximate surface area is 114 Å². The van der Waals surface area contributed by atoms with Gasteiger partial charge >= 0.3 is 0 Å². The van der Waals surface area contributed by atoms with Crippen molar-refractivity contribution in [2.75, 3.05) is 0 Å². The molecule has 2 rings (SSSR count). The van der Waals surface area contributed by atoms with Gasteiger partial charge in [-0.25, -0.2) is 4.98 Å². The Morgan fingerprint density at radius 1 is 1.28 bits per heavy atom. The van der Waals surface area contributed by atoms with E-state index in [1.165, 1.54) is 0 Å². The number of hydrogen-bond acceptors (Lipinski definition) is 2. The van der Waals surface area contributed by atoms with Gasteiger partial charge in [0.2, 0.25) is 0 Å². The zero-order chi connectivity index (χ0) is 13.0. The summed E-state index contributed by atoms with van der Waals surface area (Å²) in [5, 5.41) is 0. The lowest BCUT2D eigenvalue weighted by atomic mass is 10.2. The number of aromatic nitrogens is 3. The van der Waals surface area contributed by atoms with E-state index in [0.29, 0.717) is 0 Å². The number of nitrogens with one attached hydrogen (secondary N) is 1. The Morgan fingerprint density at radius 3 is 2.61 bits per heavy atom. The summed E-state index contributed by atoms with van der Waals surface area (Å²) in [6, 6.07) is 3.82. The van der Waals surface area contributed by atoms with Gasteiger partial charge in [-0.05, 0) is 28.1 Å². The van der Waals surface area contributed by atoms with Crippen LogP contribution in [0.2, 0.25) is 0 Å². The fourth-order valence-corrected chi connectivity index (χ4v) is 2.07. The molecule has 2 heterocycles. The standard InChI is InChI=1S/C14H12BrN3/c1-3-5-10(4-2)14-17-12(13(15)18-14)11-6-8-16-9-7-11/h3-9H,1-2H2,(H,17,18)/b10-5+. The van der Waals surface area contributed by atoms with Gasteiger partial charge in [-0.1, -0.05) is 31.4 Å². The van der Waals surface area contributed by atoms with Crippen LogP contribution in [0.4, 0.5) is 0 Å². The van der Waals surface area contributed by atoms with Crippen molar-refractivity contribution in [3.63, 3.8) is 0 Å². The Balaban J connectivity index is 2.48. The van der Waals surface area contributed by atoms with Crippen molar-refractivity contribution < 1.29 is 0 Å². The first-order chi connectivity index (χ1) is 8.76. The molecule has 0 atom stereocenters. The smallest absolute Gasteiger partial charge is 0.138 e. The Bertz CT molecular complexity index is 597. The summed E-state index contributed by atoms with van der Waals surface area (Å²) in [6.07, 6.45) is 8.78. The van der Waals surface area contributed by atoms with E-state index in [0.717, 1.165) is 27.3 Å². The minimum absolute atomic E-state index is 0.753. The van der Waals surface area contributed by atoms with E-state index in [4.69, 9.17) is 0 Å². The molecule has 0 saturated carbocycles. The maximum atomic E-state index is 4.55. The zero-order valence-corrected chi connectivity index (χ0v) is 11.3. The first-order valence-corrected chi connectivity index (χ1v) is 6.17. The molecule has 0 bridgehead atoms. The van der Waals surface area contributed by atoms with Crippen LogP contribution in [0.1, 0.15) is 5.82 Å². The van der Waals surface area contributed by atoms with Crippen molar-refractivity contribution >= 4 is 21.5 Å². The number of H-pyrrole nitrogens is 1. The number of rotatable bonds is 4. The van der Waals surface area contributed by atoms with Crippen LogP contribution in [0.5, 0.6) is 0 Å². The van der Waals surface area contributed by atoms with Gasteiger partial charge in [0.25, 0.3) is 0 Å². The van der Waals surface area contributed by atoms with E-state index in [-0.39, 0.29) is 0 Å². The molecule has 3 nitrogen and oxygen atoms in total. The van der Waals surface area contributed by atoms with Crippen LogP contribution in [0.25, 0.3) is 16.8 Å². The molecule has 0 radical (unpaired) electrons. The van der Waals surface area contributed by atoms with Gasteiger partial charge in [-0.2, -0.15) is 0 Å². The van der Waals surface area contributed by atoms with Crippen LogP contribution >= 0.6 is 15.9 Å². The Morgan fingerprint density at radius 2 is 2.00 bits per heavy atom. The topological polar surface area (TPSA) is 41.6 Å². The minimum Gasteiger partial charge on any atom is -0.332 e. The summed E-state index contributed by atoms with van der Waals surface area (Å²) >= 11 is 3.48. The van der Waals surface area contributed by atoms with Gasteiger partial charge < -0.3 is 4.98 Å². The molecule has 2 aromatic rings. The molecule has 90 valence electrons. The quantitative estimate of drug-likeness (QED) is 0.868. The molecule has 0 aliphatic rings. The van der Waals surface area contributed by atoms with Crippen molar-refractivity contribution in [3.8, 4) is 11.3 Å². The normalized spacial score (nSPS) is 11.3. The van der Waals surface area contributed by atoms with Gasteiger partial charge in [0, 0.05) is 23.5 Å². The molecule has 4 heteroatoms. The SMILES string of the molecule is C=C/C=C(\C=C)c1nc(-c2ccncc2)c(Br)[nH]1. The minimum atomic E-state index is 0.753. The van der Waals surface area contributed by atoms with Crippen LogP contribution < -0.4 is 0 Å². The third-order valence-electron chi connectivity index (χ3n) is 2.40. The molecule has 0 aliphatic carbocycles. The third kappa shape index (κ3) is 2.49. The second-order valence-corrected chi connectivity index (χ2v) is 4.34. The average Bonchev–Trinajstić information content (AvgIpc) is 2.79. The molecule has 0 aromatic carbocycles. The van der Waals surface area contributed by atoms with Crippen LogP contribution in [-0.4, -0.2) is 15.0 Å². The lowest BCUT2D eigenvalue weighted by Gasteiger charge is -1.95. The summed E-state index contributed by atoms with van der Waals surface area (Å²) in [5.74, 6) is 0.753. The van der Waals surface area contributed by atoms with Crippen molar-refractivity contribution in [2.45, 2.75) is 0 Å². The number of allylic oxidation sites excluding steroid dienone is 4. The first-order valence-electron chi connectivity index (χ1n) is 5.37. The second kappa shape index (κ2) is 5.60. The van der Waals surface area contributed by atoms with E-state index >= 15 is 0 Å². The predicted molar refractivity (Wildman–Crippen MR) is 77.9 cm³/mol. The van der Waals surface area contributed by atoms with E-state index in [1.807, 2.05) is 18.2 Å². The highest BCUT2D eigenvalue weighted by Crippen LogP contribution is 2.27. The number of hydrogen-bond donors (Lipinski definition) is 1. The van der Waals surface area contributed by atoms with Crippen molar-refractivity contribution in [2.24, 2.45) is 0 Å². The summed E-state index contributed by atoms with van der Waals surface area (Å²) in [5.41, 5.74) is 2.75. The van der Waals surface area contributed by atoms with Gasteiger partial charge in [-0.3, -0.25) is 4.98 Å². The summed E-state index contributed by atoms with van der Waals surface area (Å²) in [4.78, 5) is 11.7. The van der Waals surface area contributed by atoms with Gasteiger partial charge in [0.05, 0.1) is 0 Å².